The molecule has 1 aliphatic rings. The summed E-state index contributed by atoms with van der Waals surface area (Å²) in [7, 11) is 0. The third-order valence-electron chi connectivity index (χ3n) is 3.72. The first-order valence-electron chi connectivity index (χ1n) is 6.62. The lowest BCUT2D eigenvalue weighted by Gasteiger charge is -2.18. The standard InChI is InChI=1S/C16H14BrClN2O/c1-9-4-10-2-3-20(15(10)8-14(9)19)16(21)11-5-12(17)7-13(18)6-11/h4-8H,2-3,19H2,1H3. The van der Waals surface area contributed by atoms with E-state index in [1.807, 2.05) is 13.0 Å². The molecule has 5 heteroatoms. The zero-order valence-corrected chi connectivity index (χ0v) is 13.8. The molecule has 0 atom stereocenters. The summed E-state index contributed by atoms with van der Waals surface area (Å²) in [5.41, 5.74) is 10.4. The molecule has 2 aromatic carbocycles. The second-order valence-electron chi connectivity index (χ2n) is 5.20. The predicted octanol–water partition coefficient (Wildman–Crippen LogP) is 4.20. The smallest absolute Gasteiger partial charge is 0.258 e. The fourth-order valence-electron chi connectivity index (χ4n) is 2.62. The quantitative estimate of drug-likeness (QED) is 0.770. The summed E-state index contributed by atoms with van der Waals surface area (Å²) < 4.78 is 0.793. The molecule has 0 fully saturated rings. The van der Waals surface area contributed by atoms with Gasteiger partial charge in [-0.3, -0.25) is 4.79 Å². The summed E-state index contributed by atoms with van der Waals surface area (Å²) in [6.45, 7) is 2.65. The molecule has 2 aromatic rings. The number of nitrogens with zero attached hydrogens (tertiary/aromatic N) is 1. The van der Waals surface area contributed by atoms with Gasteiger partial charge < -0.3 is 10.6 Å². The molecule has 0 aromatic heterocycles. The molecule has 0 spiro atoms. The molecule has 1 aliphatic heterocycles. The lowest BCUT2D eigenvalue weighted by molar-refractivity contribution is 0.0989. The first-order chi connectivity index (χ1) is 9.95. The van der Waals surface area contributed by atoms with Crippen molar-refractivity contribution in [2.75, 3.05) is 17.2 Å². The molecular formula is C16H14BrClN2O. The van der Waals surface area contributed by atoms with Gasteiger partial charge in [-0.2, -0.15) is 0 Å². The van der Waals surface area contributed by atoms with Gasteiger partial charge in [-0.15, -0.1) is 0 Å². The van der Waals surface area contributed by atoms with E-state index >= 15 is 0 Å². The van der Waals surface area contributed by atoms with Gasteiger partial charge in [-0.1, -0.05) is 33.6 Å². The van der Waals surface area contributed by atoms with Crippen molar-refractivity contribution in [1.29, 1.82) is 0 Å². The second-order valence-corrected chi connectivity index (χ2v) is 6.55. The maximum atomic E-state index is 12.7. The summed E-state index contributed by atoms with van der Waals surface area (Å²) in [5, 5.41) is 0.538. The number of halogens is 2. The van der Waals surface area contributed by atoms with Crippen molar-refractivity contribution >= 4 is 44.8 Å². The Balaban J connectivity index is 2.00. The Bertz CT molecular complexity index is 725. The van der Waals surface area contributed by atoms with Crippen molar-refractivity contribution < 1.29 is 4.79 Å². The fraction of sp³-hybridized carbons (Fsp3) is 0.188. The number of nitrogens with two attached hydrogens (primary N) is 1. The molecule has 0 saturated heterocycles. The SMILES string of the molecule is Cc1cc2c(cc1N)N(C(=O)c1cc(Cl)cc(Br)c1)CC2. The molecular weight excluding hydrogens is 352 g/mol. The number of carbonyl (C=O) groups is 1. The van der Waals surface area contributed by atoms with Gasteiger partial charge in [-0.05, 0) is 48.7 Å². The van der Waals surface area contributed by atoms with Gasteiger partial charge >= 0.3 is 0 Å². The van der Waals surface area contributed by atoms with Crippen molar-refractivity contribution in [1.82, 2.24) is 0 Å². The van der Waals surface area contributed by atoms with E-state index in [1.165, 1.54) is 0 Å². The number of hydrogen-bond acceptors (Lipinski definition) is 2. The Morgan fingerprint density at radius 1 is 1.29 bits per heavy atom. The number of hydrogen-bond donors (Lipinski definition) is 1. The summed E-state index contributed by atoms with van der Waals surface area (Å²) in [5.74, 6) is -0.0554. The van der Waals surface area contributed by atoms with Gasteiger partial charge in [0.15, 0.2) is 0 Å². The molecule has 0 unspecified atom stereocenters. The topological polar surface area (TPSA) is 46.3 Å². The van der Waals surface area contributed by atoms with E-state index in [0.717, 1.165) is 27.7 Å². The normalized spacial score (nSPS) is 13.4. The van der Waals surface area contributed by atoms with Gasteiger partial charge in [0.25, 0.3) is 5.91 Å². The molecule has 1 heterocycles. The van der Waals surface area contributed by atoms with Crippen LogP contribution in [0.25, 0.3) is 0 Å². The molecule has 3 nitrogen and oxygen atoms in total. The van der Waals surface area contributed by atoms with Crippen molar-refractivity contribution in [3.05, 3.63) is 56.5 Å². The van der Waals surface area contributed by atoms with Crippen LogP contribution in [0.4, 0.5) is 11.4 Å². The maximum Gasteiger partial charge on any atom is 0.258 e. The highest BCUT2D eigenvalue weighted by atomic mass is 79.9. The highest BCUT2D eigenvalue weighted by Gasteiger charge is 2.26. The Morgan fingerprint density at radius 2 is 2.05 bits per heavy atom. The van der Waals surface area contributed by atoms with Crippen LogP contribution in [0.2, 0.25) is 5.02 Å². The van der Waals surface area contributed by atoms with Crippen molar-refractivity contribution in [2.45, 2.75) is 13.3 Å². The van der Waals surface area contributed by atoms with Crippen LogP contribution in [-0.4, -0.2) is 12.5 Å². The number of nitrogen functional groups attached to an aromatic ring is 1. The molecule has 21 heavy (non-hydrogen) atoms. The van der Waals surface area contributed by atoms with Crippen LogP contribution in [-0.2, 0) is 6.42 Å². The van der Waals surface area contributed by atoms with Crippen LogP contribution in [0.3, 0.4) is 0 Å². The number of aryl methyl sites for hydroxylation is 1. The van der Waals surface area contributed by atoms with Crippen LogP contribution in [0, 0.1) is 6.92 Å². The number of fused-ring (bicyclic) bond motifs is 1. The maximum absolute atomic E-state index is 12.7. The van der Waals surface area contributed by atoms with E-state index in [4.69, 9.17) is 17.3 Å². The minimum Gasteiger partial charge on any atom is -0.398 e. The summed E-state index contributed by atoms with van der Waals surface area (Å²) in [6.07, 6.45) is 0.851. The molecule has 0 saturated carbocycles. The summed E-state index contributed by atoms with van der Waals surface area (Å²) in [4.78, 5) is 14.5. The highest BCUT2D eigenvalue weighted by Crippen LogP contribution is 2.33. The number of anilines is 2. The Hall–Kier alpha value is -1.52. The number of amides is 1. The Morgan fingerprint density at radius 3 is 2.76 bits per heavy atom. The largest absolute Gasteiger partial charge is 0.398 e. The minimum atomic E-state index is -0.0554. The van der Waals surface area contributed by atoms with E-state index in [-0.39, 0.29) is 5.91 Å². The zero-order chi connectivity index (χ0) is 15.1. The van der Waals surface area contributed by atoms with Crippen molar-refractivity contribution in [3.8, 4) is 0 Å². The molecule has 0 radical (unpaired) electrons. The molecule has 0 aliphatic carbocycles. The van der Waals surface area contributed by atoms with Crippen LogP contribution < -0.4 is 10.6 Å². The van der Waals surface area contributed by atoms with Crippen LogP contribution in [0.1, 0.15) is 21.5 Å². The zero-order valence-electron chi connectivity index (χ0n) is 11.5. The van der Waals surface area contributed by atoms with E-state index in [9.17, 15) is 4.79 Å². The highest BCUT2D eigenvalue weighted by molar-refractivity contribution is 9.10. The van der Waals surface area contributed by atoms with E-state index < -0.39 is 0 Å². The Labute approximate surface area is 136 Å². The molecule has 108 valence electrons. The number of benzene rings is 2. The summed E-state index contributed by atoms with van der Waals surface area (Å²) >= 11 is 9.39. The first kappa shape index (κ1) is 14.4. The van der Waals surface area contributed by atoms with Crippen LogP contribution in [0.5, 0.6) is 0 Å². The molecule has 0 bridgehead atoms. The van der Waals surface area contributed by atoms with Gasteiger partial charge in [0.05, 0.1) is 0 Å². The fourth-order valence-corrected chi connectivity index (χ4v) is 3.48. The van der Waals surface area contributed by atoms with Crippen molar-refractivity contribution in [2.24, 2.45) is 0 Å². The number of rotatable bonds is 1. The summed E-state index contributed by atoms with van der Waals surface area (Å²) in [6, 6.07) is 9.17. The van der Waals surface area contributed by atoms with Gasteiger partial charge in [0, 0.05) is 33.0 Å². The van der Waals surface area contributed by atoms with Gasteiger partial charge in [0.2, 0.25) is 0 Å². The average Bonchev–Trinajstić information content (AvgIpc) is 2.80. The lowest BCUT2D eigenvalue weighted by Crippen LogP contribution is -2.28. The predicted molar refractivity (Wildman–Crippen MR) is 90.1 cm³/mol. The molecule has 1 amide bonds. The molecule has 2 N–H and O–H groups in total. The van der Waals surface area contributed by atoms with Crippen LogP contribution >= 0.6 is 27.5 Å². The van der Waals surface area contributed by atoms with Crippen LogP contribution in [0.15, 0.2) is 34.8 Å². The van der Waals surface area contributed by atoms with E-state index in [0.29, 0.717) is 22.8 Å². The monoisotopic (exact) mass is 364 g/mol. The minimum absolute atomic E-state index is 0.0554. The van der Waals surface area contributed by atoms with Gasteiger partial charge in [-0.25, -0.2) is 0 Å². The van der Waals surface area contributed by atoms with Gasteiger partial charge in [0.1, 0.15) is 0 Å². The third kappa shape index (κ3) is 2.65. The van der Waals surface area contributed by atoms with E-state index in [2.05, 4.69) is 22.0 Å². The van der Waals surface area contributed by atoms with E-state index in [1.54, 1.807) is 23.1 Å². The first-order valence-corrected chi connectivity index (χ1v) is 7.80. The Kier molecular flexibility index (Phi) is 3.68. The second kappa shape index (κ2) is 5.35. The lowest BCUT2D eigenvalue weighted by atomic mass is 10.1. The average molecular weight is 366 g/mol. The molecule has 3 rings (SSSR count). The third-order valence-corrected chi connectivity index (χ3v) is 4.39. The van der Waals surface area contributed by atoms with Crippen molar-refractivity contribution in [3.63, 3.8) is 0 Å². The number of carbonyl (C=O) groups excluding carboxylic acids is 1.